The first kappa shape index (κ1) is 11.5. The van der Waals surface area contributed by atoms with Gasteiger partial charge in [0.25, 0.3) is 0 Å². The van der Waals surface area contributed by atoms with Gasteiger partial charge in [-0.1, -0.05) is 27.2 Å². The number of nitriles is 1. The van der Waals surface area contributed by atoms with Crippen LogP contribution in [0.2, 0.25) is 0 Å². The normalized spacial score (nSPS) is 24.1. The molecule has 0 aromatic rings. The van der Waals surface area contributed by atoms with Crippen molar-refractivity contribution in [3.63, 3.8) is 0 Å². The highest BCUT2D eigenvalue weighted by Gasteiger charge is 2.30. The minimum absolute atomic E-state index is 0.149. The molecule has 1 heterocycles. The molecule has 0 spiro atoms. The molecule has 1 fully saturated rings. The molecule has 1 aliphatic rings. The highest BCUT2D eigenvalue weighted by Crippen LogP contribution is 2.34. The molecule has 0 aromatic carbocycles. The molecule has 1 atom stereocenters. The molecule has 0 saturated carbocycles. The Morgan fingerprint density at radius 1 is 1.36 bits per heavy atom. The molecular weight excluding hydrogens is 172 g/mol. The van der Waals surface area contributed by atoms with Crippen LogP contribution in [0, 0.1) is 16.7 Å². The zero-order valence-corrected chi connectivity index (χ0v) is 9.71. The van der Waals surface area contributed by atoms with E-state index in [9.17, 15) is 0 Å². The van der Waals surface area contributed by atoms with Gasteiger partial charge in [0.2, 0.25) is 0 Å². The van der Waals surface area contributed by atoms with Crippen LogP contribution in [0.25, 0.3) is 0 Å². The van der Waals surface area contributed by atoms with Crippen molar-refractivity contribution in [1.29, 1.82) is 5.26 Å². The summed E-state index contributed by atoms with van der Waals surface area (Å²) in [6, 6.07) is 2.54. The van der Waals surface area contributed by atoms with Gasteiger partial charge in [0.05, 0.1) is 12.1 Å². The van der Waals surface area contributed by atoms with Crippen LogP contribution >= 0.6 is 0 Å². The Labute approximate surface area is 87.9 Å². The Kier molecular flexibility index (Phi) is 3.95. The van der Waals surface area contributed by atoms with E-state index < -0.39 is 0 Å². The molecule has 80 valence electrons. The van der Waals surface area contributed by atoms with Gasteiger partial charge in [0, 0.05) is 0 Å². The Hall–Kier alpha value is -0.550. The van der Waals surface area contributed by atoms with Crippen molar-refractivity contribution in [3.05, 3.63) is 0 Å². The van der Waals surface area contributed by atoms with Gasteiger partial charge < -0.3 is 0 Å². The fourth-order valence-electron chi connectivity index (χ4n) is 2.16. The summed E-state index contributed by atoms with van der Waals surface area (Å²) in [6.45, 7) is 8.96. The van der Waals surface area contributed by atoms with Gasteiger partial charge in [-0.05, 0) is 37.8 Å². The van der Waals surface area contributed by atoms with E-state index in [0.29, 0.717) is 5.41 Å². The van der Waals surface area contributed by atoms with Crippen LogP contribution in [0.4, 0.5) is 0 Å². The lowest BCUT2D eigenvalue weighted by molar-refractivity contribution is 0.0961. The maximum absolute atomic E-state index is 8.97. The second-order valence-corrected chi connectivity index (χ2v) is 4.75. The van der Waals surface area contributed by atoms with Gasteiger partial charge in [0.15, 0.2) is 0 Å². The number of piperidine rings is 1. The van der Waals surface area contributed by atoms with Crippen molar-refractivity contribution >= 4 is 0 Å². The van der Waals surface area contributed by atoms with Crippen LogP contribution < -0.4 is 0 Å². The molecule has 0 bridgehead atoms. The third-order valence-electron chi connectivity index (χ3n) is 3.84. The van der Waals surface area contributed by atoms with Crippen LogP contribution in [0.5, 0.6) is 0 Å². The van der Waals surface area contributed by atoms with Gasteiger partial charge in [-0.25, -0.2) is 0 Å². The van der Waals surface area contributed by atoms with Crippen LogP contribution in [-0.2, 0) is 0 Å². The lowest BCUT2D eigenvalue weighted by Gasteiger charge is -2.40. The van der Waals surface area contributed by atoms with Crippen molar-refractivity contribution in [1.82, 2.24) is 4.90 Å². The third-order valence-corrected chi connectivity index (χ3v) is 3.84. The number of rotatable bonds is 3. The minimum atomic E-state index is 0.149. The molecular formula is C12H22N2. The maximum Gasteiger partial charge on any atom is 0.0975 e. The molecule has 2 nitrogen and oxygen atoms in total. The van der Waals surface area contributed by atoms with Gasteiger partial charge in [-0.2, -0.15) is 5.26 Å². The van der Waals surface area contributed by atoms with Crippen molar-refractivity contribution in [2.24, 2.45) is 5.41 Å². The smallest absolute Gasteiger partial charge is 0.0975 e. The van der Waals surface area contributed by atoms with E-state index >= 15 is 0 Å². The van der Waals surface area contributed by atoms with Crippen LogP contribution in [0.1, 0.15) is 46.5 Å². The molecule has 1 saturated heterocycles. The summed E-state index contributed by atoms with van der Waals surface area (Å²) in [7, 11) is 0. The monoisotopic (exact) mass is 194 g/mol. The Bertz CT molecular complexity index is 209. The Morgan fingerprint density at radius 3 is 2.29 bits per heavy atom. The van der Waals surface area contributed by atoms with Crippen molar-refractivity contribution in [2.45, 2.75) is 52.5 Å². The van der Waals surface area contributed by atoms with E-state index in [2.05, 4.69) is 31.7 Å². The summed E-state index contributed by atoms with van der Waals surface area (Å²) in [5.41, 5.74) is 0.532. The average Bonchev–Trinajstić information content (AvgIpc) is 2.23. The summed E-state index contributed by atoms with van der Waals surface area (Å²) in [6.07, 6.45) is 4.73. The first-order chi connectivity index (χ1) is 6.65. The van der Waals surface area contributed by atoms with Gasteiger partial charge in [0.1, 0.15) is 0 Å². The SMILES string of the molecule is CCC(C#N)N1CCC(C)(CC)CC1. The summed E-state index contributed by atoms with van der Waals surface area (Å²) in [5, 5.41) is 8.97. The molecule has 1 aliphatic heterocycles. The fourth-order valence-corrected chi connectivity index (χ4v) is 2.16. The number of hydrogen-bond acceptors (Lipinski definition) is 2. The number of hydrogen-bond donors (Lipinski definition) is 0. The Morgan fingerprint density at radius 2 is 1.93 bits per heavy atom. The van der Waals surface area contributed by atoms with Crippen LogP contribution in [0.15, 0.2) is 0 Å². The highest BCUT2D eigenvalue weighted by atomic mass is 15.2. The first-order valence-corrected chi connectivity index (χ1v) is 5.79. The van der Waals surface area contributed by atoms with E-state index in [1.165, 1.54) is 19.3 Å². The predicted octanol–water partition coefficient (Wildman–Crippen LogP) is 2.80. The average molecular weight is 194 g/mol. The van der Waals surface area contributed by atoms with Crippen molar-refractivity contribution in [3.8, 4) is 6.07 Å². The van der Waals surface area contributed by atoms with Gasteiger partial charge in [-0.3, -0.25) is 4.90 Å². The molecule has 14 heavy (non-hydrogen) atoms. The van der Waals surface area contributed by atoms with Gasteiger partial charge >= 0.3 is 0 Å². The molecule has 0 aromatic heterocycles. The highest BCUT2D eigenvalue weighted by molar-refractivity contribution is 4.94. The molecule has 0 radical (unpaired) electrons. The van der Waals surface area contributed by atoms with Crippen molar-refractivity contribution in [2.75, 3.05) is 13.1 Å². The zero-order chi connectivity index (χ0) is 10.6. The van der Waals surface area contributed by atoms with Crippen LogP contribution in [0.3, 0.4) is 0 Å². The Balaban J connectivity index is 2.47. The van der Waals surface area contributed by atoms with E-state index in [0.717, 1.165) is 19.5 Å². The zero-order valence-electron chi connectivity index (χ0n) is 9.71. The second-order valence-electron chi connectivity index (χ2n) is 4.75. The largest absolute Gasteiger partial charge is 0.288 e. The van der Waals surface area contributed by atoms with E-state index in [1.54, 1.807) is 0 Å². The molecule has 0 amide bonds. The second kappa shape index (κ2) is 4.79. The molecule has 0 aliphatic carbocycles. The van der Waals surface area contributed by atoms with Gasteiger partial charge in [-0.15, -0.1) is 0 Å². The van der Waals surface area contributed by atoms with E-state index in [1.807, 2.05) is 0 Å². The molecule has 1 rings (SSSR count). The first-order valence-electron chi connectivity index (χ1n) is 5.79. The molecule has 0 N–H and O–H groups in total. The summed E-state index contributed by atoms with van der Waals surface area (Å²) in [4.78, 5) is 2.34. The molecule has 1 unspecified atom stereocenters. The topological polar surface area (TPSA) is 27.0 Å². The molecule has 2 heteroatoms. The number of likely N-dealkylation sites (tertiary alicyclic amines) is 1. The van der Waals surface area contributed by atoms with E-state index in [-0.39, 0.29) is 6.04 Å². The van der Waals surface area contributed by atoms with E-state index in [4.69, 9.17) is 5.26 Å². The fraction of sp³-hybridized carbons (Fsp3) is 0.917. The van der Waals surface area contributed by atoms with Crippen LogP contribution in [-0.4, -0.2) is 24.0 Å². The summed E-state index contributed by atoms with van der Waals surface area (Å²) < 4.78 is 0. The maximum atomic E-state index is 8.97. The quantitative estimate of drug-likeness (QED) is 0.690. The third kappa shape index (κ3) is 2.48. The number of nitrogens with zero attached hydrogens (tertiary/aromatic N) is 2. The lowest BCUT2D eigenvalue weighted by atomic mass is 9.78. The standard InChI is InChI=1S/C12H22N2/c1-4-11(10-13)14-8-6-12(3,5-2)7-9-14/h11H,4-9H2,1-3H3. The summed E-state index contributed by atoms with van der Waals surface area (Å²) >= 11 is 0. The summed E-state index contributed by atoms with van der Waals surface area (Å²) in [5.74, 6) is 0. The minimum Gasteiger partial charge on any atom is -0.288 e. The lowest BCUT2D eigenvalue weighted by Crippen LogP contribution is -2.43. The van der Waals surface area contributed by atoms with Crippen molar-refractivity contribution < 1.29 is 0 Å². The predicted molar refractivity (Wildman–Crippen MR) is 58.9 cm³/mol.